The van der Waals surface area contributed by atoms with Crippen LogP contribution in [0.2, 0.25) is 18.1 Å². The van der Waals surface area contributed by atoms with Crippen LogP contribution in [0.15, 0.2) is 48.5 Å². The molecule has 3 atom stereocenters. The summed E-state index contributed by atoms with van der Waals surface area (Å²) >= 11 is 0. The molecule has 50 heavy (non-hydrogen) atoms. The van der Waals surface area contributed by atoms with Crippen LogP contribution in [-0.2, 0) is 32.1 Å². The highest BCUT2D eigenvalue weighted by Gasteiger charge is 2.39. The van der Waals surface area contributed by atoms with Crippen molar-refractivity contribution in [2.75, 3.05) is 6.54 Å². The molecule has 0 spiro atoms. The summed E-state index contributed by atoms with van der Waals surface area (Å²) in [6.07, 6.45) is 0.607. The largest absolute Gasteiger partial charge is 0.543 e. The van der Waals surface area contributed by atoms with Crippen LogP contribution in [0.5, 0.6) is 5.75 Å². The van der Waals surface area contributed by atoms with E-state index in [2.05, 4.69) is 55.2 Å². The molecular formula is C38H59N5O6Si. The Balaban J connectivity index is 1.84. The number of carbonyl (C=O) groups excluding carboxylic acids is 4. The lowest BCUT2D eigenvalue weighted by Crippen LogP contribution is -2.62. The van der Waals surface area contributed by atoms with Crippen molar-refractivity contribution in [1.82, 2.24) is 26.4 Å². The quantitative estimate of drug-likeness (QED) is 0.206. The van der Waals surface area contributed by atoms with Crippen LogP contribution in [0.4, 0.5) is 4.79 Å². The summed E-state index contributed by atoms with van der Waals surface area (Å²) in [6.45, 7) is 22.5. The molecule has 0 saturated carbocycles. The van der Waals surface area contributed by atoms with E-state index in [4.69, 9.17) is 9.16 Å². The topological polar surface area (TPSA) is 138 Å². The third-order valence-corrected chi connectivity index (χ3v) is 13.4. The van der Waals surface area contributed by atoms with Gasteiger partial charge in [-0.3, -0.25) is 19.4 Å². The number of aryl methyl sites for hydroxylation is 1. The zero-order valence-corrected chi connectivity index (χ0v) is 32.9. The molecule has 0 radical (unpaired) electrons. The number of hydrogen-bond donors (Lipinski definition) is 4. The van der Waals surface area contributed by atoms with E-state index in [0.29, 0.717) is 31.7 Å². The van der Waals surface area contributed by atoms with Crippen molar-refractivity contribution in [2.45, 2.75) is 130 Å². The zero-order chi connectivity index (χ0) is 37.4. The number of ether oxygens (including phenoxy) is 1. The second kappa shape index (κ2) is 16.9. The maximum absolute atomic E-state index is 14.3. The number of rotatable bonds is 12. The highest BCUT2D eigenvalue weighted by molar-refractivity contribution is 6.74. The first-order chi connectivity index (χ1) is 23.1. The summed E-state index contributed by atoms with van der Waals surface area (Å²) in [4.78, 5) is 53.9. The third-order valence-electron chi connectivity index (χ3n) is 9.07. The fourth-order valence-corrected chi connectivity index (χ4v) is 6.33. The Bertz CT molecular complexity index is 1500. The van der Waals surface area contributed by atoms with Crippen LogP contribution in [0.1, 0.15) is 84.9 Å². The summed E-state index contributed by atoms with van der Waals surface area (Å²) in [5.74, 6) is -0.692. The molecule has 4 amide bonds. The van der Waals surface area contributed by atoms with Gasteiger partial charge in [0.15, 0.2) is 0 Å². The van der Waals surface area contributed by atoms with E-state index >= 15 is 0 Å². The van der Waals surface area contributed by atoms with E-state index in [1.54, 1.807) is 20.8 Å². The van der Waals surface area contributed by atoms with Crippen molar-refractivity contribution in [3.05, 3.63) is 65.2 Å². The highest BCUT2D eigenvalue weighted by Crippen LogP contribution is 2.37. The van der Waals surface area contributed by atoms with Crippen molar-refractivity contribution < 1.29 is 28.3 Å². The van der Waals surface area contributed by atoms with Gasteiger partial charge in [0.05, 0.1) is 0 Å². The molecule has 3 rings (SSSR count). The second-order valence-corrected chi connectivity index (χ2v) is 20.9. The summed E-state index contributed by atoms with van der Waals surface area (Å²) in [6, 6.07) is 13.0. The Hall–Kier alpha value is -3.90. The minimum absolute atomic E-state index is 0.00865. The fraction of sp³-hybridized carbons (Fsp3) is 0.579. The number of hydrazine groups is 1. The van der Waals surface area contributed by atoms with Gasteiger partial charge in [0, 0.05) is 19.5 Å². The maximum atomic E-state index is 14.3. The number of alkyl carbamates (subject to hydrolysis) is 1. The smallest absolute Gasteiger partial charge is 0.408 e. The molecule has 2 aromatic rings. The highest BCUT2D eigenvalue weighted by atomic mass is 28.4. The van der Waals surface area contributed by atoms with E-state index in [-0.39, 0.29) is 29.2 Å². The predicted octanol–water partition coefficient (Wildman–Crippen LogP) is 5.77. The van der Waals surface area contributed by atoms with Gasteiger partial charge < -0.3 is 25.1 Å². The summed E-state index contributed by atoms with van der Waals surface area (Å²) < 4.78 is 12.0. The van der Waals surface area contributed by atoms with Crippen LogP contribution in [0.25, 0.3) is 0 Å². The van der Waals surface area contributed by atoms with Gasteiger partial charge in [-0.05, 0) is 87.8 Å². The number of nitrogens with one attached hydrogen (secondary N) is 4. The molecule has 2 aromatic carbocycles. The SMILES string of the molecule is Cc1cccc(CNC(=O)C2CCCN(C(=O)C(Cc3cccc(O[Si](C)(C)C(C)(C)C)c3)NC(=O)C(NC(=O)OC(C)(C)C)C(C)C)N2)c1. The summed E-state index contributed by atoms with van der Waals surface area (Å²) in [5.41, 5.74) is 5.27. The first-order valence-electron chi connectivity index (χ1n) is 17.6. The van der Waals surface area contributed by atoms with Gasteiger partial charge in [-0.2, -0.15) is 0 Å². The maximum Gasteiger partial charge on any atom is 0.408 e. The number of amides is 4. The van der Waals surface area contributed by atoms with Crippen molar-refractivity contribution >= 4 is 32.1 Å². The standard InChI is InChI=1S/C38H59N5O6Si/c1-25(2)32(41-36(47)48-37(4,5)6)34(45)40-31(23-27-16-13-18-29(22-27)49-50(10,11)38(7,8)9)35(46)43-20-14-19-30(42-43)33(44)39-24-28-17-12-15-26(3)21-28/h12-13,15-18,21-22,25,30-32,42H,14,19-20,23-24H2,1-11H3,(H,39,44)(H,40,45)(H,41,47). The van der Waals surface area contributed by atoms with Crippen molar-refractivity contribution in [2.24, 2.45) is 5.92 Å². The van der Waals surface area contributed by atoms with Crippen LogP contribution in [0.3, 0.4) is 0 Å². The number of carbonyl (C=O) groups is 4. The van der Waals surface area contributed by atoms with E-state index in [1.165, 1.54) is 5.01 Å². The first-order valence-corrected chi connectivity index (χ1v) is 20.5. The van der Waals surface area contributed by atoms with Gasteiger partial charge in [0.1, 0.15) is 29.5 Å². The van der Waals surface area contributed by atoms with Gasteiger partial charge in [-0.15, -0.1) is 0 Å². The molecule has 0 bridgehead atoms. The lowest BCUT2D eigenvalue weighted by atomic mass is 10.0. The van der Waals surface area contributed by atoms with Gasteiger partial charge in [0.25, 0.3) is 5.91 Å². The molecule has 3 unspecified atom stereocenters. The average Bonchev–Trinajstić information content (AvgIpc) is 3.00. The zero-order valence-electron chi connectivity index (χ0n) is 31.9. The van der Waals surface area contributed by atoms with E-state index in [0.717, 1.165) is 16.7 Å². The van der Waals surface area contributed by atoms with E-state index < -0.39 is 44.0 Å². The molecule has 1 aliphatic rings. The van der Waals surface area contributed by atoms with E-state index in [1.807, 2.05) is 69.3 Å². The first kappa shape index (κ1) is 40.5. The Morgan fingerprint density at radius 1 is 0.960 bits per heavy atom. The molecule has 276 valence electrons. The summed E-state index contributed by atoms with van der Waals surface area (Å²) in [7, 11) is -2.14. The minimum Gasteiger partial charge on any atom is -0.543 e. The van der Waals surface area contributed by atoms with Gasteiger partial charge in [-0.1, -0.05) is 76.6 Å². The molecule has 1 heterocycles. The predicted molar refractivity (Wildman–Crippen MR) is 199 cm³/mol. The van der Waals surface area contributed by atoms with Gasteiger partial charge >= 0.3 is 6.09 Å². The molecule has 0 aliphatic carbocycles. The molecule has 0 aromatic heterocycles. The molecule has 4 N–H and O–H groups in total. The van der Waals surface area contributed by atoms with E-state index in [9.17, 15) is 19.2 Å². The van der Waals surface area contributed by atoms with Crippen molar-refractivity contribution in [3.8, 4) is 5.75 Å². The molecule has 12 heteroatoms. The third kappa shape index (κ3) is 12.2. The summed E-state index contributed by atoms with van der Waals surface area (Å²) in [5, 5.41) is 10.0. The fourth-order valence-electron chi connectivity index (χ4n) is 5.31. The molecule has 1 saturated heterocycles. The lowest BCUT2D eigenvalue weighted by molar-refractivity contribution is -0.143. The van der Waals surface area contributed by atoms with Gasteiger partial charge in [0.2, 0.25) is 20.1 Å². The van der Waals surface area contributed by atoms with Crippen molar-refractivity contribution in [3.63, 3.8) is 0 Å². The second-order valence-electron chi connectivity index (χ2n) is 16.2. The van der Waals surface area contributed by atoms with Crippen molar-refractivity contribution in [1.29, 1.82) is 0 Å². The van der Waals surface area contributed by atoms with Crippen LogP contribution >= 0.6 is 0 Å². The van der Waals surface area contributed by atoms with Gasteiger partial charge in [-0.25, -0.2) is 10.2 Å². The molecular weight excluding hydrogens is 651 g/mol. The average molecular weight is 710 g/mol. The Morgan fingerprint density at radius 2 is 1.62 bits per heavy atom. The van der Waals surface area contributed by atoms with Crippen LogP contribution in [-0.4, -0.2) is 67.4 Å². The Morgan fingerprint density at radius 3 is 2.24 bits per heavy atom. The number of hydrogen-bond acceptors (Lipinski definition) is 7. The number of nitrogens with zero attached hydrogens (tertiary/aromatic N) is 1. The normalized spacial score (nSPS) is 16.6. The molecule has 1 aliphatic heterocycles. The number of benzene rings is 2. The molecule has 11 nitrogen and oxygen atoms in total. The van der Waals surface area contributed by atoms with Crippen LogP contribution < -0.4 is 25.8 Å². The van der Waals surface area contributed by atoms with Crippen LogP contribution in [0, 0.1) is 12.8 Å². The Kier molecular flexibility index (Phi) is 13.7. The molecule has 1 fully saturated rings. The Labute approximate surface area is 299 Å². The lowest BCUT2D eigenvalue weighted by Gasteiger charge is -2.37. The minimum atomic E-state index is -2.14. The monoisotopic (exact) mass is 709 g/mol.